The van der Waals surface area contributed by atoms with E-state index in [-0.39, 0.29) is 19.0 Å². The molecule has 2 amide bonds. The lowest BCUT2D eigenvalue weighted by molar-refractivity contribution is -0.116. The Kier molecular flexibility index (Phi) is 12.2. The molecule has 3 rings (SSSR count). The summed E-state index contributed by atoms with van der Waals surface area (Å²) in [5, 5.41) is 6.49. The van der Waals surface area contributed by atoms with Gasteiger partial charge in [0, 0.05) is 36.2 Å². The summed E-state index contributed by atoms with van der Waals surface area (Å²) in [7, 11) is 0. The molecule has 0 saturated heterocycles. The smallest absolute Gasteiger partial charge is 0.407 e. The fourth-order valence-corrected chi connectivity index (χ4v) is 4.98. The number of nitrogens with one attached hydrogen (secondary N) is 2. The van der Waals surface area contributed by atoms with Crippen molar-refractivity contribution in [3.8, 4) is 5.75 Å². The van der Waals surface area contributed by atoms with E-state index in [2.05, 4.69) is 10.6 Å². The molecule has 0 aliphatic rings. The highest BCUT2D eigenvalue weighted by Crippen LogP contribution is 2.35. The van der Waals surface area contributed by atoms with Crippen LogP contribution in [0.3, 0.4) is 0 Å². The van der Waals surface area contributed by atoms with Gasteiger partial charge in [-0.15, -0.1) is 11.8 Å². The van der Waals surface area contributed by atoms with Gasteiger partial charge in [-0.1, -0.05) is 59.6 Å². The monoisotopic (exact) mass is 601 g/mol. The maximum Gasteiger partial charge on any atom is 0.407 e. The number of rotatable bonds is 12. The van der Waals surface area contributed by atoms with E-state index in [1.165, 1.54) is 17.8 Å². The molecule has 0 radical (unpaired) electrons. The Morgan fingerprint density at radius 3 is 2.35 bits per heavy atom. The number of pyridine rings is 1. The lowest BCUT2D eigenvalue weighted by Crippen LogP contribution is -2.37. The number of ether oxygens (including phenoxy) is 2. The number of alkyl carbamates (subject to hydrolysis) is 1. The van der Waals surface area contributed by atoms with Gasteiger partial charge in [-0.3, -0.25) is 4.79 Å². The Morgan fingerprint density at radius 2 is 1.65 bits per heavy atom. The van der Waals surface area contributed by atoms with E-state index >= 15 is 0 Å². The zero-order valence-corrected chi connectivity index (χ0v) is 25.0. The van der Waals surface area contributed by atoms with Gasteiger partial charge >= 0.3 is 6.09 Å². The summed E-state index contributed by atoms with van der Waals surface area (Å²) in [6, 6.07) is 19.2. The second kappa shape index (κ2) is 15.6. The average molecular weight is 603 g/mol. The maximum absolute atomic E-state index is 12.4. The molecule has 2 aromatic carbocycles. The molecule has 0 atom stereocenters. The summed E-state index contributed by atoms with van der Waals surface area (Å²) in [5.41, 5.74) is 1.88. The van der Waals surface area contributed by atoms with Crippen molar-refractivity contribution < 1.29 is 19.1 Å². The van der Waals surface area contributed by atoms with Crippen LogP contribution in [0.5, 0.6) is 5.75 Å². The second-order valence-corrected chi connectivity index (χ2v) is 11.5. The van der Waals surface area contributed by atoms with E-state index in [1.807, 2.05) is 42.5 Å². The van der Waals surface area contributed by atoms with E-state index in [1.54, 1.807) is 45.0 Å². The van der Waals surface area contributed by atoms with Crippen LogP contribution < -0.4 is 15.4 Å². The third-order valence-corrected chi connectivity index (χ3v) is 7.23. The fourth-order valence-electron chi connectivity index (χ4n) is 3.39. The van der Waals surface area contributed by atoms with Gasteiger partial charge in [0.25, 0.3) is 0 Å². The molecule has 1 heterocycles. The van der Waals surface area contributed by atoms with Crippen molar-refractivity contribution in [3.05, 3.63) is 93.7 Å². The average Bonchev–Trinajstić information content (AvgIpc) is 2.90. The predicted octanol–water partition coefficient (Wildman–Crippen LogP) is 6.96. The van der Waals surface area contributed by atoms with Crippen molar-refractivity contribution in [2.75, 3.05) is 19.7 Å². The Morgan fingerprint density at radius 1 is 0.950 bits per heavy atom. The number of benzene rings is 2. The molecule has 0 spiro atoms. The van der Waals surface area contributed by atoms with Gasteiger partial charge in [-0.2, -0.15) is 0 Å². The van der Waals surface area contributed by atoms with Crippen LogP contribution >= 0.6 is 35.0 Å². The summed E-state index contributed by atoms with van der Waals surface area (Å²) in [5.74, 6) is 0.763. The van der Waals surface area contributed by atoms with Crippen molar-refractivity contribution in [2.24, 2.45) is 0 Å². The summed E-state index contributed by atoms with van der Waals surface area (Å²) < 4.78 is 11.2. The van der Waals surface area contributed by atoms with Crippen LogP contribution in [0.4, 0.5) is 4.79 Å². The summed E-state index contributed by atoms with van der Waals surface area (Å²) in [6.07, 6.45) is 3.21. The minimum Gasteiger partial charge on any atom is -0.491 e. The molecule has 40 heavy (non-hydrogen) atoms. The van der Waals surface area contributed by atoms with Crippen LogP contribution in [0.25, 0.3) is 6.08 Å². The molecule has 0 unspecified atom stereocenters. The second-order valence-electron chi connectivity index (χ2n) is 9.66. The largest absolute Gasteiger partial charge is 0.491 e. The molecule has 0 aliphatic carbocycles. The number of hydrogen-bond donors (Lipinski definition) is 2. The highest BCUT2D eigenvalue weighted by atomic mass is 35.5. The highest BCUT2D eigenvalue weighted by molar-refractivity contribution is 7.98. The Balaban J connectivity index is 1.63. The number of nitrogens with zero attached hydrogens (tertiary/aromatic N) is 1. The summed E-state index contributed by atoms with van der Waals surface area (Å²) in [4.78, 5) is 29.7. The molecular formula is C30H33Cl2N3O4S. The topological polar surface area (TPSA) is 89.6 Å². The lowest BCUT2D eigenvalue weighted by Gasteiger charge is -2.19. The van der Waals surface area contributed by atoms with Crippen LogP contribution in [-0.2, 0) is 21.7 Å². The first-order chi connectivity index (χ1) is 19.1. The van der Waals surface area contributed by atoms with Crippen LogP contribution in [0.15, 0.2) is 71.6 Å². The molecule has 1 aromatic heterocycles. The zero-order chi connectivity index (χ0) is 29.0. The van der Waals surface area contributed by atoms with Gasteiger partial charge < -0.3 is 20.1 Å². The number of thioether (sulfide) groups is 1. The molecular weight excluding hydrogens is 569 g/mol. The van der Waals surface area contributed by atoms with Crippen LogP contribution in [0.2, 0.25) is 10.0 Å². The Hall–Kier alpha value is -3.20. The first kappa shape index (κ1) is 31.3. The van der Waals surface area contributed by atoms with Gasteiger partial charge in [0.15, 0.2) is 0 Å². The molecule has 0 bridgehead atoms. The summed E-state index contributed by atoms with van der Waals surface area (Å²) in [6.45, 7) is 6.28. The minimum atomic E-state index is -0.587. The Labute approximate surface area is 249 Å². The van der Waals surface area contributed by atoms with Crippen molar-refractivity contribution in [3.63, 3.8) is 0 Å². The van der Waals surface area contributed by atoms with E-state index < -0.39 is 11.7 Å². The molecule has 10 heteroatoms. The normalized spacial score (nSPS) is 11.3. The first-order valence-corrected chi connectivity index (χ1v) is 14.5. The molecule has 3 aromatic rings. The predicted molar refractivity (Wildman–Crippen MR) is 162 cm³/mol. The highest BCUT2D eigenvalue weighted by Gasteiger charge is 2.15. The van der Waals surface area contributed by atoms with E-state index in [0.717, 1.165) is 22.6 Å². The van der Waals surface area contributed by atoms with Gasteiger partial charge in [0.1, 0.15) is 17.0 Å². The minimum absolute atomic E-state index is 0.234. The zero-order valence-electron chi connectivity index (χ0n) is 22.7. The van der Waals surface area contributed by atoms with Crippen molar-refractivity contribution >= 4 is 53.0 Å². The van der Waals surface area contributed by atoms with Crippen LogP contribution in [0.1, 0.15) is 37.7 Å². The third kappa shape index (κ3) is 11.1. The molecule has 0 aliphatic heterocycles. The molecule has 2 N–H and O–H groups in total. The van der Waals surface area contributed by atoms with Crippen molar-refractivity contribution in [2.45, 2.75) is 43.4 Å². The van der Waals surface area contributed by atoms with Crippen molar-refractivity contribution in [1.29, 1.82) is 0 Å². The van der Waals surface area contributed by atoms with Crippen LogP contribution in [-0.4, -0.2) is 42.3 Å². The van der Waals surface area contributed by atoms with E-state index in [4.69, 9.17) is 37.7 Å². The number of hydrogen-bond acceptors (Lipinski definition) is 6. The third-order valence-electron chi connectivity index (χ3n) is 5.20. The van der Waals surface area contributed by atoms with Crippen LogP contribution in [0, 0.1) is 0 Å². The number of carbonyl (C=O) groups excluding carboxylic acids is 2. The number of carbonyl (C=O) groups is 2. The first-order valence-electron chi connectivity index (χ1n) is 12.8. The van der Waals surface area contributed by atoms with Gasteiger partial charge in [-0.05, 0) is 56.7 Å². The van der Waals surface area contributed by atoms with Gasteiger partial charge in [0.2, 0.25) is 5.91 Å². The number of amides is 2. The fraction of sp³-hybridized carbons (Fsp3) is 0.300. The van der Waals surface area contributed by atoms with E-state index in [9.17, 15) is 9.59 Å². The van der Waals surface area contributed by atoms with Gasteiger partial charge in [-0.25, -0.2) is 9.78 Å². The molecule has 212 valence electrons. The standard InChI is InChI=1S/C30H33Cl2N3O4S/c1-30(2,3)39-29(37)34-18-17-33-27(36)15-13-25-26(38-19-16-21-8-5-4-6-9-21)14-12-22(35-25)20-40-28-23(31)10-7-11-24(28)32/h4-15H,16-20H2,1-3H3,(H,33,36)(H,34,37)/b15-13+. The summed E-state index contributed by atoms with van der Waals surface area (Å²) >= 11 is 14.1. The maximum atomic E-state index is 12.4. The molecule has 7 nitrogen and oxygen atoms in total. The van der Waals surface area contributed by atoms with E-state index in [0.29, 0.717) is 33.8 Å². The molecule has 0 fully saturated rings. The lowest BCUT2D eigenvalue weighted by atomic mass is 10.2. The number of aromatic nitrogens is 1. The quantitative estimate of drug-likeness (QED) is 0.132. The number of halogens is 2. The Bertz CT molecular complexity index is 1290. The van der Waals surface area contributed by atoms with Crippen molar-refractivity contribution in [1.82, 2.24) is 15.6 Å². The SMILES string of the molecule is CC(C)(C)OC(=O)NCCNC(=O)/C=C/c1nc(CSc2c(Cl)cccc2Cl)ccc1OCCc1ccccc1. The van der Waals surface area contributed by atoms with Gasteiger partial charge in [0.05, 0.1) is 22.3 Å². The molecule has 0 saturated carbocycles.